The van der Waals surface area contributed by atoms with Gasteiger partial charge in [0, 0.05) is 16.8 Å². The molecular weight excluding hydrogens is 429 g/mol. The van der Waals surface area contributed by atoms with E-state index in [0.717, 1.165) is 5.56 Å². The molecule has 2 spiro atoms. The first-order chi connectivity index (χ1) is 15.5. The molecule has 0 saturated carbocycles. The molecule has 0 bridgehead atoms. The van der Waals surface area contributed by atoms with Crippen molar-refractivity contribution >= 4 is 40.6 Å². The summed E-state index contributed by atoms with van der Waals surface area (Å²) in [4.78, 5) is 29.3. The van der Waals surface area contributed by atoms with Gasteiger partial charge in [-0.15, -0.1) is 0 Å². The highest BCUT2D eigenvalue weighted by atomic mass is 32.1. The van der Waals surface area contributed by atoms with Crippen LogP contribution in [0, 0.1) is 5.82 Å². The van der Waals surface area contributed by atoms with Crippen molar-refractivity contribution in [3.05, 3.63) is 95.3 Å². The Balaban J connectivity index is 1.61. The van der Waals surface area contributed by atoms with Crippen LogP contribution in [0.1, 0.15) is 16.7 Å². The zero-order valence-electron chi connectivity index (χ0n) is 16.6. The highest BCUT2D eigenvalue weighted by Crippen LogP contribution is 2.58. The first-order valence-corrected chi connectivity index (χ1v) is 10.5. The topological polar surface area (TPSA) is 70.7 Å². The van der Waals surface area contributed by atoms with Gasteiger partial charge in [-0.05, 0) is 42.0 Å². The van der Waals surface area contributed by atoms with E-state index in [1.54, 1.807) is 17.0 Å². The molecule has 158 valence electrons. The number of nitrogens with zero attached hydrogens (tertiary/aromatic N) is 1. The maximum Gasteiger partial charge on any atom is 0.277 e. The van der Waals surface area contributed by atoms with E-state index in [1.807, 2.05) is 42.5 Å². The molecule has 2 atom stereocenters. The zero-order valence-corrected chi connectivity index (χ0v) is 17.4. The number of benzene rings is 3. The van der Waals surface area contributed by atoms with Crippen LogP contribution >= 0.6 is 12.2 Å². The van der Waals surface area contributed by atoms with E-state index in [2.05, 4.69) is 10.6 Å². The van der Waals surface area contributed by atoms with Gasteiger partial charge in [0.05, 0.1) is 12.2 Å². The quantitative estimate of drug-likeness (QED) is 0.593. The standard InChI is InChI=1S/C24H16FN3O3S/c25-15-10-11-18-17(12-15)24(20(29)26-18)23(27-22(32)31-24)16-8-4-5-9-19(16)28(21(23)30)13-14-6-2-1-3-7-14/h1-12H,13H2,(H,26,29)(H,27,32)/t23-,24-/m0/s1. The van der Waals surface area contributed by atoms with Gasteiger partial charge in [-0.2, -0.15) is 0 Å². The van der Waals surface area contributed by atoms with Crippen molar-refractivity contribution in [2.45, 2.75) is 17.7 Å². The zero-order chi connectivity index (χ0) is 22.1. The number of thiocarbonyl (C=S) groups is 1. The lowest BCUT2D eigenvalue weighted by Gasteiger charge is -2.35. The molecule has 0 aliphatic carbocycles. The largest absolute Gasteiger partial charge is 0.446 e. The molecule has 3 aliphatic rings. The minimum atomic E-state index is -1.87. The number of ether oxygens (including phenoxy) is 1. The summed E-state index contributed by atoms with van der Waals surface area (Å²) in [7, 11) is 0. The van der Waals surface area contributed by atoms with Crippen molar-refractivity contribution in [1.82, 2.24) is 5.32 Å². The van der Waals surface area contributed by atoms with Gasteiger partial charge in [0.25, 0.3) is 22.6 Å². The fraction of sp³-hybridized carbons (Fsp3) is 0.125. The molecule has 3 aliphatic heterocycles. The Bertz CT molecular complexity index is 1330. The highest BCUT2D eigenvalue weighted by Gasteiger charge is 2.76. The molecule has 6 rings (SSSR count). The van der Waals surface area contributed by atoms with E-state index in [9.17, 15) is 14.0 Å². The molecule has 0 unspecified atom stereocenters. The second-order valence-corrected chi connectivity index (χ2v) is 8.35. The van der Waals surface area contributed by atoms with Gasteiger partial charge in [-0.1, -0.05) is 48.5 Å². The number of para-hydroxylation sites is 1. The molecule has 2 N–H and O–H groups in total. The van der Waals surface area contributed by atoms with E-state index in [-0.39, 0.29) is 10.7 Å². The van der Waals surface area contributed by atoms with Crippen LogP contribution in [-0.2, 0) is 32.0 Å². The van der Waals surface area contributed by atoms with Gasteiger partial charge >= 0.3 is 0 Å². The predicted molar refractivity (Wildman–Crippen MR) is 119 cm³/mol. The van der Waals surface area contributed by atoms with Crippen LogP contribution < -0.4 is 15.5 Å². The highest BCUT2D eigenvalue weighted by molar-refractivity contribution is 7.80. The molecule has 32 heavy (non-hydrogen) atoms. The minimum absolute atomic E-state index is 0.0954. The molecule has 3 heterocycles. The number of hydrogen-bond acceptors (Lipinski definition) is 4. The maximum atomic E-state index is 14.3. The van der Waals surface area contributed by atoms with Crippen molar-refractivity contribution in [3.63, 3.8) is 0 Å². The van der Waals surface area contributed by atoms with E-state index >= 15 is 0 Å². The molecular formula is C24H16FN3O3S. The number of anilines is 2. The number of amides is 2. The molecule has 3 aromatic carbocycles. The fourth-order valence-corrected chi connectivity index (χ4v) is 5.32. The summed E-state index contributed by atoms with van der Waals surface area (Å²) in [5, 5.41) is 5.66. The summed E-state index contributed by atoms with van der Waals surface area (Å²) < 4.78 is 20.3. The van der Waals surface area contributed by atoms with Crippen LogP contribution in [0.4, 0.5) is 15.8 Å². The predicted octanol–water partition coefficient (Wildman–Crippen LogP) is 3.32. The molecule has 0 aromatic heterocycles. The van der Waals surface area contributed by atoms with Gasteiger partial charge in [0.2, 0.25) is 5.54 Å². The van der Waals surface area contributed by atoms with Gasteiger partial charge in [-0.3, -0.25) is 9.59 Å². The Hall–Kier alpha value is -3.78. The van der Waals surface area contributed by atoms with E-state index < -0.39 is 28.8 Å². The smallest absolute Gasteiger partial charge is 0.277 e. The summed E-state index contributed by atoms with van der Waals surface area (Å²) in [6.07, 6.45) is 0. The normalized spacial score (nSPS) is 25.0. The second kappa shape index (κ2) is 6.37. The van der Waals surface area contributed by atoms with Crippen LogP contribution in [0.25, 0.3) is 0 Å². The van der Waals surface area contributed by atoms with Crippen molar-refractivity contribution in [1.29, 1.82) is 0 Å². The van der Waals surface area contributed by atoms with Crippen LogP contribution in [0.5, 0.6) is 0 Å². The first kappa shape index (κ1) is 18.9. The molecule has 0 radical (unpaired) electrons. The molecule has 1 fully saturated rings. The number of hydrogen-bond donors (Lipinski definition) is 2. The van der Waals surface area contributed by atoms with Crippen molar-refractivity contribution in [2.75, 3.05) is 10.2 Å². The average molecular weight is 445 g/mol. The number of fused-ring (bicyclic) bond motifs is 5. The second-order valence-electron chi connectivity index (χ2n) is 7.98. The van der Waals surface area contributed by atoms with Crippen molar-refractivity contribution < 1.29 is 18.7 Å². The number of carbonyl (C=O) groups excluding carboxylic acids is 2. The minimum Gasteiger partial charge on any atom is -0.446 e. The Morgan fingerprint density at radius 2 is 1.72 bits per heavy atom. The summed E-state index contributed by atoms with van der Waals surface area (Å²) in [6.45, 7) is 0.292. The van der Waals surface area contributed by atoms with Gasteiger partial charge in [-0.25, -0.2) is 4.39 Å². The van der Waals surface area contributed by atoms with Crippen LogP contribution in [0.2, 0.25) is 0 Å². The molecule has 3 aromatic rings. The Kier molecular flexibility index (Phi) is 3.77. The third-order valence-electron chi connectivity index (χ3n) is 6.34. The van der Waals surface area contributed by atoms with E-state index in [0.29, 0.717) is 23.5 Å². The van der Waals surface area contributed by atoms with E-state index in [1.165, 1.54) is 18.2 Å². The number of halogens is 1. The lowest BCUT2D eigenvalue weighted by atomic mass is 9.72. The molecule has 6 nitrogen and oxygen atoms in total. The lowest BCUT2D eigenvalue weighted by molar-refractivity contribution is -0.144. The Morgan fingerprint density at radius 1 is 0.969 bits per heavy atom. The van der Waals surface area contributed by atoms with Gasteiger partial charge < -0.3 is 20.3 Å². The Labute approximate surface area is 188 Å². The Morgan fingerprint density at radius 3 is 2.53 bits per heavy atom. The molecule has 1 saturated heterocycles. The van der Waals surface area contributed by atoms with Gasteiger partial charge in [0.1, 0.15) is 5.82 Å². The summed E-state index contributed by atoms with van der Waals surface area (Å²) in [5.74, 6) is -1.51. The number of nitrogens with one attached hydrogen (secondary N) is 2. The molecule has 8 heteroatoms. The summed E-state index contributed by atoms with van der Waals surface area (Å²) in [6, 6.07) is 20.7. The van der Waals surface area contributed by atoms with Crippen LogP contribution in [0.15, 0.2) is 72.8 Å². The first-order valence-electron chi connectivity index (χ1n) is 10.1. The third-order valence-corrected chi connectivity index (χ3v) is 6.53. The molecule has 2 amide bonds. The van der Waals surface area contributed by atoms with Crippen LogP contribution in [0.3, 0.4) is 0 Å². The average Bonchev–Trinajstić information content (AvgIpc) is 3.35. The van der Waals surface area contributed by atoms with Crippen LogP contribution in [-0.4, -0.2) is 17.0 Å². The summed E-state index contributed by atoms with van der Waals surface area (Å²) >= 11 is 5.33. The van der Waals surface area contributed by atoms with Gasteiger partial charge in [0.15, 0.2) is 0 Å². The number of rotatable bonds is 2. The third kappa shape index (κ3) is 2.19. The van der Waals surface area contributed by atoms with Crippen molar-refractivity contribution in [2.24, 2.45) is 0 Å². The summed E-state index contributed by atoms with van der Waals surface area (Å²) in [5.41, 5.74) is -0.815. The van der Waals surface area contributed by atoms with E-state index in [4.69, 9.17) is 17.0 Å². The monoisotopic (exact) mass is 445 g/mol. The number of carbonyl (C=O) groups is 2. The van der Waals surface area contributed by atoms with Crippen molar-refractivity contribution in [3.8, 4) is 0 Å². The fourth-order valence-electron chi connectivity index (χ4n) is 5.04. The lowest BCUT2D eigenvalue weighted by Crippen LogP contribution is -2.61. The SMILES string of the molecule is O=C1N(Cc2ccccc2)c2ccccc2[C@]12NC(=S)O[C@@]21C(=O)Nc2ccc(F)cc21. The maximum absolute atomic E-state index is 14.3.